The number of carbonyl (C=O) groups excluding carboxylic acids is 4. The van der Waals surface area contributed by atoms with E-state index in [-0.39, 0.29) is 37.7 Å². The molecule has 0 aliphatic carbocycles. The molecule has 10 heterocycles. The van der Waals surface area contributed by atoms with E-state index in [2.05, 4.69) is 214 Å². The number of ether oxygens (including phenoxy) is 4. The molecule has 0 aliphatic rings. The number of halogens is 1. The van der Waals surface area contributed by atoms with E-state index in [1.807, 2.05) is 28.1 Å². The van der Waals surface area contributed by atoms with Crippen LogP contribution in [0.1, 0.15) is 212 Å². The molecule has 8 nitrogen and oxygen atoms in total. The molecule has 10 aromatic rings. The van der Waals surface area contributed by atoms with Gasteiger partial charge in [-0.1, -0.05) is 105 Å². The minimum absolute atomic E-state index is 0.264. The molecular formula is C80H115ClO8S10Si4Sn. The molecule has 570 valence electrons. The summed E-state index contributed by atoms with van der Waals surface area (Å²) in [6.07, 6.45) is 8.49. The van der Waals surface area contributed by atoms with Crippen LogP contribution in [0.3, 0.4) is 0 Å². The van der Waals surface area contributed by atoms with Crippen LogP contribution in [0.15, 0.2) is 48.5 Å². The van der Waals surface area contributed by atoms with E-state index in [0.717, 1.165) is 55.3 Å². The summed E-state index contributed by atoms with van der Waals surface area (Å²) in [4.78, 5) is 58.2. The molecule has 10 rings (SSSR count). The fourth-order valence-electron chi connectivity index (χ4n) is 16.1. The van der Waals surface area contributed by atoms with Crippen LogP contribution in [0.4, 0.5) is 0 Å². The Morgan fingerprint density at radius 3 is 0.981 bits per heavy atom. The van der Waals surface area contributed by atoms with Crippen molar-refractivity contribution >= 4 is 258 Å². The molecule has 24 heteroatoms. The van der Waals surface area contributed by atoms with Crippen molar-refractivity contribution in [1.29, 1.82) is 0 Å². The monoisotopic (exact) mass is 1790 g/mol. The SMILES string of the molecule is CCC[CH2][Sn]([CH2]CCC)([CH2]CCC)[c]1cc2sc([Si](C(C)C)(C(C)C)C(C)C)cc2s1.CCOC(=O)c1c(-c2ccc([Si](C)(C)C)s2)sc2c(C(=O)OCC)c(-c3cc4sc([Si](C(C)C)(C(C)C)C(C)C)cc4s3)sc12.CCOC(=O)c1c(Cl)sc2c(C(=O)OCC)c(-c3ccc([Si](C)(C)C)s3)sc12. The second-order valence-electron chi connectivity index (χ2n) is 31.5. The zero-order valence-electron chi connectivity index (χ0n) is 66.5. The van der Waals surface area contributed by atoms with Crippen LogP contribution >= 0.6 is 125 Å². The van der Waals surface area contributed by atoms with Gasteiger partial charge in [0.25, 0.3) is 0 Å². The fourth-order valence-corrected chi connectivity index (χ4v) is 70.6. The van der Waals surface area contributed by atoms with Gasteiger partial charge in [-0.2, -0.15) is 0 Å². The maximum absolute atomic E-state index is 13.7. The van der Waals surface area contributed by atoms with Gasteiger partial charge in [0.1, 0.15) is 18.0 Å². The first kappa shape index (κ1) is 87.5. The molecular weight excluding hydrogens is 1680 g/mol. The number of thiophene rings is 10. The van der Waals surface area contributed by atoms with Gasteiger partial charge in [0.05, 0.1) is 92.7 Å². The Kier molecular flexibility index (Phi) is 31.1. The van der Waals surface area contributed by atoms with Gasteiger partial charge in [-0.3, -0.25) is 0 Å². The Morgan fingerprint density at radius 1 is 0.365 bits per heavy atom. The Bertz CT molecular complexity index is 4430. The molecule has 104 heavy (non-hydrogen) atoms. The molecule has 0 aliphatic heterocycles. The van der Waals surface area contributed by atoms with Crippen LogP contribution < -0.4 is 20.9 Å². The summed E-state index contributed by atoms with van der Waals surface area (Å²) in [6, 6.07) is 18.7. The summed E-state index contributed by atoms with van der Waals surface area (Å²) >= 11 is 21.4. The molecule has 0 amide bonds. The van der Waals surface area contributed by atoms with Gasteiger partial charge in [0.15, 0.2) is 0 Å². The smallest absolute Gasteiger partial charge is 0.341 e. The van der Waals surface area contributed by atoms with Crippen molar-refractivity contribution in [3.8, 4) is 29.3 Å². The zero-order chi connectivity index (χ0) is 76.9. The fraction of sp³-hybridized carbons (Fsp3) is 0.550. The van der Waals surface area contributed by atoms with Crippen molar-refractivity contribution < 1.29 is 38.1 Å². The second-order valence-corrected chi connectivity index (χ2v) is 80.1. The average Bonchev–Trinajstić information content (AvgIpc) is 1.57. The normalized spacial score (nSPS) is 12.7. The maximum Gasteiger partial charge on any atom is 0.341 e. The predicted octanol–water partition coefficient (Wildman–Crippen LogP) is 27.6. The first-order valence-electron chi connectivity index (χ1n) is 37.9. The third kappa shape index (κ3) is 18.0. The number of esters is 4. The van der Waals surface area contributed by atoms with Crippen LogP contribution in [-0.2, 0) is 18.9 Å². The maximum atomic E-state index is 13.7. The molecule has 0 saturated carbocycles. The van der Waals surface area contributed by atoms with Crippen molar-refractivity contribution in [3.05, 3.63) is 75.1 Å². The number of unbranched alkanes of at least 4 members (excludes halogenated alkanes) is 3. The van der Waals surface area contributed by atoms with E-state index in [1.54, 1.807) is 79.6 Å². The number of hydrogen-bond donors (Lipinski definition) is 0. The van der Waals surface area contributed by atoms with Gasteiger partial charge in [-0.05, 0) is 82.1 Å². The molecule has 0 aromatic carbocycles. The number of hydrogen-bond acceptors (Lipinski definition) is 18. The van der Waals surface area contributed by atoms with Gasteiger partial charge in [0, 0.05) is 24.0 Å². The summed E-state index contributed by atoms with van der Waals surface area (Å²) < 4.78 is 43.7. The summed E-state index contributed by atoms with van der Waals surface area (Å²) in [5.74, 6) is -1.52. The van der Waals surface area contributed by atoms with E-state index in [4.69, 9.17) is 30.5 Å². The van der Waals surface area contributed by atoms with Crippen LogP contribution in [0.2, 0.25) is 90.2 Å². The summed E-state index contributed by atoms with van der Waals surface area (Å²) in [5, 5.41) is 0. The van der Waals surface area contributed by atoms with Gasteiger partial charge < -0.3 is 18.9 Å². The topological polar surface area (TPSA) is 105 Å². The van der Waals surface area contributed by atoms with Crippen LogP contribution in [0.25, 0.3) is 66.9 Å². The van der Waals surface area contributed by atoms with E-state index < -0.39 is 56.6 Å². The summed E-state index contributed by atoms with van der Waals surface area (Å²) in [7, 11) is -6.29. The minimum Gasteiger partial charge on any atom is -0.462 e. The first-order chi connectivity index (χ1) is 49.0. The Hall–Kier alpha value is -2.12. The van der Waals surface area contributed by atoms with Crippen molar-refractivity contribution in [2.45, 2.75) is 256 Å². The molecule has 0 fully saturated rings. The number of fused-ring (bicyclic) bond motifs is 4. The standard InChI is InChI=1S/C34H44O4S5Si2.C19H21ClO4S3Si.C15H23S2Si.3C4H9.Sn/c1-12-37-33(35)27-29(21-14-15-25(40-21)44(9,10)11)42-32-28(34(36)38-13-2)30(43-31(27)32)24-16-22-23(39-24)17-26(41-22)45(18(3)4,19(5)6)20(7)8;1-6-23-18(21)12-14(10-8-9-11(25-10)28(3,4)5)26-16-13(19(22)24-7-2)17(20)27-15(12)16;1-10(2)18(11(3)4,12(5)6)15-9-14-13(17-15)7-8-16-14;3*1-3-4-2;/h14-20H,12-13H2,1-11H3;8-9H,6-7H2,1-5H3;7,9-12H,1-6H3;3*1,3-4H2,2H3;. The molecule has 10 aromatic heterocycles. The molecule has 0 radical (unpaired) electrons. The average molecular weight is 1790 g/mol. The van der Waals surface area contributed by atoms with Crippen LogP contribution in [-0.4, -0.2) is 101 Å². The summed E-state index contributed by atoms with van der Waals surface area (Å²) in [5.41, 5.74) is 6.32. The third-order valence-electron chi connectivity index (χ3n) is 20.8. The van der Waals surface area contributed by atoms with Crippen molar-refractivity contribution in [3.63, 3.8) is 0 Å². The zero-order valence-corrected chi connectivity index (χ0v) is 82.3. The number of carbonyl (C=O) groups is 4. The molecule has 0 bridgehead atoms. The van der Waals surface area contributed by atoms with Crippen molar-refractivity contribution in [1.82, 2.24) is 0 Å². The molecule has 0 atom stereocenters. The largest absolute Gasteiger partial charge is 0.462 e. The Labute approximate surface area is 675 Å². The molecule has 0 saturated heterocycles. The van der Waals surface area contributed by atoms with Crippen LogP contribution in [0.5, 0.6) is 0 Å². The van der Waals surface area contributed by atoms with Gasteiger partial charge in [-0.25, -0.2) is 19.2 Å². The van der Waals surface area contributed by atoms with Gasteiger partial charge in [0.2, 0.25) is 0 Å². The first-order valence-corrected chi connectivity index (χ1v) is 65.3. The van der Waals surface area contributed by atoms with Gasteiger partial charge >= 0.3 is 233 Å². The molecule has 0 N–H and O–H groups in total. The number of rotatable bonds is 31. The van der Waals surface area contributed by atoms with Crippen molar-refractivity contribution in [2.75, 3.05) is 26.4 Å². The van der Waals surface area contributed by atoms with E-state index in [0.29, 0.717) is 59.2 Å². The Morgan fingerprint density at radius 2 is 0.673 bits per heavy atom. The van der Waals surface area contributed by atoms with E-state index >= 15 is 0 Å². The third-order valence-corrected chi connectivity index (χ3v) is 74.7. The van der Waals surface area contributed by atoms with Crippen molar-refractivity contribution in [2.24, 2.45) is 0 Å². The predicted molar refractivity (Wildman–Crippen MR) is 485 cm³/mol. The second kappa shape index (κ2) is 37.0. The van der Waals surface area contributed by atoms with E-state index in [1.165, 1.54) is 102 Å². The van der Waals surface area contributed by atoms with E-state index in [9.17, 15) is 19.2 Å². The Balaban J connectivity index is 0.000000205. The van der Waals surface area contributed by atoms with Crippen LogP contribution in [0, 0.1) is 0 Å². The quantitative estimate of drug-likeness (QED) is 0.0240. The van der Waals surface area contributed by atoms with Gasteiger partial charge in [-0.15, -0.1) is 90.7 Å². The molecule has 0 spiro atoms. The summed E-state index contributed by atoms with van der Waals surface area (Å²) in [6.45, 7) is 58.9. The molecule has 0 unspecified atom stereocenters. The minimum atomic E-state index is -2.29.